The molecule has 1 aliphatic heterocycles. The van der Waals surface area contributed by atoms with Gasteiger partial charge in [0.15, 0.2) is 0 Å². The van der Waals surface area contributed by atoms with Crippen molar-refractivity contribution in [3.8, 4) is 0 Å². The number of hydrogen-bond acceptors (Lipinski definition) is 4. The number of halogens is 1. The Morgan fingerprint density at radius 3 is 3.06 bits per heavy atom. The van der Waals surface area contributed by atoms with Crippen LogP contribution in [0.15, 0.2) is 6.07 Å². The fourth-order valence-corrected chi connectivity index (χ4v) is 2.31. The maximum Gasteiger partial charge on any atom is 0.134 e. The number of nitrogens with zero attached hydrogens (tertiary/aromatic N) is 3. The lowest BCUT2D eigenvalue weighted by Crippen LogP contribution is -2.39. The van der Waals surface area contributed by atoms with Crippen molar-refractivity contribution >= 4 is 17.4 Å². The van der Waals surface area contributed by atoms with Gasteiger partial charge in [0.25, 0.3) is 0 Å². The summed E-state index contributed by atoms with van der Waals surface area (Å²) in [7, 11) is 1.76. The molecule has 0 N–H and O–H groups in total. The molecule has 0 saturated carbocycles. The van der Waals surface area contributed by atoms with Crippen LogP contribution in [0.5, 0.6) is 0 Å². The summed E-state index contributed by atoms with van der Waals surface area (Å²) in [5.74, 6) is 1.72. The third-order valence-electron chi connectivity index (χ3n) is 3.08. The summed E-state index contributed by atoms with van der Waals surface area (Å²) in [5, 5.41) is 0.520. The summed E-state index contributed by atoms with van der Waals surface area (Å²) in [6.45, 7) is 3.92. The van der Waals surface area contributed by atoms with Crippen LogP contribution in [0.3, 0.4) is 0 Å². The molecule has 94 valence electrons. The molecule has 0 bridgehead atoms. The molecular formula is C12H18ClN3O. The van der Waals surface area contributed by atoms with Gasteiger partial charge in [-0.1, -0.05) is 18.5 Å². The molecule has 1 saturated heterocycles. The van der Waals surface area contributed by atoms with Crippen molar-refractivity contribution in [3.05, 3.63) is 17.0 Å². The normalized spacial score (nSPS) is 20.6. The number of aromatic nitrogens is 2. The van der Waals surface area contributed by atoms with Crippen LogP contribution in [0, 0.1) is 0 Å². The van der Waals surface area contributed by atoms with E-state index >= 15 is 0 Å². The first-order valence-electron chi connectivity index (χ1n) is 6.04. The Kier molecular flexibility index (Phi) is 4.18. The highest BCUT2D eigenvalue weighted by Gasteiger charge is 2.21. The molecule has 1 aliphatic rings. The highest BCUT2D eigenvalue weighted by atomic mass is 35.5. The van der Waals surface area contributed by atoms with Crippen LogP contribution >= 0.6 is 11.6 Å². The maximum absolute atomic E-state index is 6.01. The second-order valence-electron chi connectivity index (χ2n) is 4.26. The van der Waals surface area contributed by atoms with Crippen LogP contribution in [0.2, 0.25) is 5.15 Å². The smallest absolute Gasteiger partial charge is 0.134 e. The Morgan fingerprint density at radius 2 is 2.35 bits per heavy atom. The fourth-order valence-electron chi connectivity index (χ4n) is 2.11. The third kappa shape index (κ3) is 3.07. The summed E-state index contributed by atoms with van der Waals surface area (Å²) < 4.78 is 5.41. The lowest BCUT2D eigenvalue weighted by Gasteiger charge is -2.32. The average molecular weight is 256 g/mol. The molecule has 17 heavy (non-hydrogen) atoms. The predicted molar refractivity (Wildman–Crippen MR) is 68.7 cm³/mol. The molecule has 0 amide bonds. The Bertz CT molecular complexity index is 386. The van der Waals surface area contributed by atoms with E-state index in [0.717, 1.165) is 44.0 Å². The van der Waals surface area contributed by atoms with Gasteiger partial charge in [-0.15, -0.1) is 0 Å². The SMILES string of the molecule is CCc1nc(Cl)cc(N2CCCC(OC)C2)n1. The van der Waals surface area contributed by atoms with E-state index in [1.54, 1.807) is 7.11 Å². The molecule has 0 aliphatic carbocycles. The second kappa shape index (κ2) is 5.65. The van der Waals surface area contributed by atoms with E-state index < -0.39 is 0 Å². The zero-order valence-corrected chi connectivity index (χ0v) is 11.1. The lowest BCUT2D eigenvalue weighted by molar-refractivity contribution is 0.0891. The zero-order chi connectivity index (χ0) is 12.3. The summed E-state index contributed by atoms with van der Waals surface area (Å²) in [4.78, 5) is 10.9. The first-order valence-corrected chi connectivity index (χ1v) is 6.42. The van der Waals surface area contributed by atoms with Gasteiger partial charge in [-0.25, -0.2) is 9.97 Å². The molecule has 5 heteroatoms. The summed E-state index contributed by atoms with van der Waals surface area (Å²) in [6.07, 6.45) is 3.34. The van der Waals surface area contributed by atoms with Crippen LogP contribution in [-0.2, 0) is 11.2 Å². The molecule has 0 radical (unpaired) electrons. The van der Waals surface area contributed by atoms with Crippen molar-refractivity contribution in [2.24, 2.45) is 0 Å². The molecule has 2 rings (SSSR count). The lowest BCUT2D eigenvalue weighted by atomic mass is 10.1. The average Bonchev–Trinajstić information content (AvgIpc) is 2.38. The molecule has 1 unspecified atom stereocenters. The highest BCUT2D eigenvalue weighted by molar-refractivity contribution is 6.29. The number of methoxy groups -OCH3 is 1. The van der Waals surface area contributed by atoms with Crippen molar-refractivity contribution in [1.82, 2.24) is 9.97 Å². The Hall–Kier alpha value is -0.870. The molecule has 2 heterocycles. The number of anilines is 1. The van der Waals surface area contributed by atoms with E-state index in [-0.39, 0.29) is 0 Å². The van der Waals surface area contributed by atoms with E-state index in [1.165, 1.54) is 0 Å². The van der Waals surface area contributed by atoms with Crippen molar-refractivity contribution in [2.75, 3.05) is 25.1 Å². The molecular weight excluding hydrogens is 238 g/mol. The van der Waals surface area contributed by atoms with Gasteiger partial charge in [-0.05, 0) is 12.8 Å². The van der Waals surface area contributed by atoms with Crippen LogP contribution in [0.4, 0.5) is 5.82 Å². The van der Waals surface area contributed by atoms with Gasteiger partial charge in [0.1, 0.15) is 16.8 Å². The van der Waals surface area contributed by atoms with Crippen LogP contribution < -0.4 is 4.90 Å². The zero-order valence-electron chi connectivity index (χ0n) is 10.3. The van der Waals surface area contributed by atoms with Crippen molar-refractivity contribution in [3.63, 3.8) is 0 Å². The van der Waals surface area contributed by atoms with Gasteiger partial charge in [-0.3, -0.25) is 0 Å². The monoisotopic (exact) mass is 255 g/mol. The van der Waals surface area contributed by atoms with Crippen LogP contribution in [0.25, 0.3) is 0 Å². The van der Waals surface area contributed by atoms with Gasteiger partial charge < -0.3 is 9.64 Å². The third-order valence-corrected chi connectivity index (χ3v) is 3.27. The largest absolute Gasteiger partial charge is 0.380 e. The van der Waals surface area contributed by atoms with Crippen LogP contribution in [-0.4, -0.2) is 36.3 Å². The number of ether oxygens (including phenoxy) is 1. The highest BCUT2D eigenvalue weighted by Crippen LogP contribution is 2.21. The Balaban J connectivity index is 2.18. The predicted octanol–water partition coefficient (Wildman–Crippen LogP) is 2.31. The molecule has 0 aromatic carbocycles. The van der Waals surface area contributed by atoms with Crippen molar-refractivity contribution < 1.29 is 4.74 Å². The van der Waals surface area contributed by atoms with Gasteiger partial charge in [0.2, 0.25) is 0 Å². The minimum absolute atomic E-state index is 0.294. The number of aryl methyl sites for hydroxylation is 1. The fraction of sp³-hybridized carbons (Fsp3) is 0.667. The van der Waals surface area contributed by atoms with E-state index in [4.69, 9.17) is 16.3 Å². The number of hydrogen-bond donors (Lipinski definition) is 0. The van der Waals surface area contributed by atoms with E-state index in [9.17, 15) is 0 Å². The number of rotatable bonds is 3. The van der Waals surface area contributed by atoms with E-state index in [0.29, 0.717) is 11.3 Å². The van der Waals surface area contributed by atoms with Gasteiger partial charge in [0, 0.05) is 32.7 Å². The topological polar surface area (TPSA) is 38.2 Å². The molecule has 1 atom stereocenters. The molecule has 1 fully saturated rings. The Labute approximate surface area is 107 Å². The van der Waals surface area contributed by atoms with Crippen molar-refractivity contribution in [1.29, 1.82) is 0 Å². The Morgan fingerprint density at radius 1 is 1.53 bits per heavy atom. The minimum Gasteiger partial charge on any atom is -0.380 e. The van der Waals surface area contributed by atoms with Gasteiger partial charge in [-0.2, -0.15) is 0 Å². The maximum atomic E-state index is 6.01. The first-order chi connectivity index (χ1) is 8.22. The van der Waals surface area contributed by atoms with Gasteiger partial charge >= 0.3 is 0 Å². The molecule has 1 aromatic heterocycles. The minimum atomic E-state index is 0.294. The number of piperidine rings is 1. The molecule has 4 nitrogen and oxygen atoms in total. The van der Waals surface area contributed by atoms with E-state index in [2.05, 4.69) is 14.9 Å². The first kappa shape index (κ1) is 12.6. The van der Waals surface area contributed by atoms with Crippen LogP contribution in [0.1, 0.15) is 25.6 Å². The quantitative estimate of drug-likeness (QED) is 0.777. The summed E-state index contributed by atoms with van der Waals surface area (Å²) in [6, 6.07) is 1.83. The molecule has 0 spiro atoms. The second-order valence-corrected chi connectivity index (χ2v) is 4.65. The summed E-state index contributed by atoms with van der Waals surface area (Å²) in [5.41, 5.74) is 0. The van der Waals surface area contributed by atoms with Gasteiger partial charge in [0.05, 0.1) is 6.10 Å². The molecule has 1 aromatic rings. The summed E-state index contributed by atoms with van der Waals surface area (Å²) >= 11 is 6.01. The standard InChI is InChI=1S/C12H18ClN3O/c1-3-11-14-10(13)7-12(15-11)16-6-4-5-9(8-16)17-2/h7,9H,3-6,8H2,1-2H3. The van der Waals surface area contributed by atoms with Crippen molar-refractivity contribution in [2.45, 2.75) is 32.3 Å². The van der Waals surface area contributed by atoms with E-state index in [1.807, 2.05) is 13.0 Å².